The molecule has 0 bridgehead atoms. The van der Waals surface area contributed by atoms with Gasteiger partial charge >= 0.3 is 18.9 Å². The zero-order valence-corrected chi connectivity index (χ0v) is 17.1. The van der Waals surface area contributed by atoms with Crippen LogP contribution in [0.4, 0.5) is 10.2 Å². The van der Waals surface area contributed by atoms with Crippen molar-refractivity contribution in [3.05, 3.63) is 73.1 Å². The molecule has 0 spiro atoms. The van der Waals surface area contributed by atoms with E-state index in [-0.39, 0.29) is 31.2 Å². The third-order valence-corrected chi connectivity index (χ3v) is 4.76. The van der Waals surface area contributed by atoms with E-state index in [4.69, 9.17) is 13.2 Å². The summed E-state index contributed by atoms with van der Waals surface area (Å²) in [6.07, 6.45) is 5.13. The summed E-state index contributed by atoms with van der Waals surface area (Å²) in [6.45, 7) is 17.5. The number of carbonyl (C=O) groups excluding carboxylic acids is 1. The van der Waals surface area contributed by atoms with Gasteiger partial charge in [-0.3, -0.25) is 22.4 Å². The molecule has 1 aliphatic rings. The minimum Gasteiger partial charge on any atom is -0.391 e. The summed E-state index contributed by atoms with van der Waals surface area (Å²) in [5.74, 6) is -0.624. The van der Waals surface area contributed by atoms with Crippen LogP contribution >= 0.6 is 0 Å². The van der Waals surface area contributed by atoms with Gasteiger partial charge in [-0.1, -0.05) is 12.1 Å². The molecule has 2 aromatic heterocycles. The fourth-order valence-corrected chi connectivity index (χ4v) is 2.84. The van der Waals surface area contributed by atoms with Crippen molar-refractivity contribution in [2.75, 3.05) is 5.32 Å². The molecule has 7 heteroatoms. The van der Waals surface area contributed by atoms with Gasteiger partial charge in [0.15, 0.2) is 0 Å². The van der Waals surface area contributed by atoms with Gasteiger partial charge in [-0.25, -0.2) is 32.7 Å². The second kappa shape index (κ2) is 9.99. The zero-order valence-electron chi connectivity index (χ0n) is 17.1. The Morgan fingerprint density at radius 1 is 1.40 bits per heavy atom. The molecule has 1 saturated carbocycles. The topological polar surface area (TPSA) is 75.1 Å². The van der Waals surface area contributed by atoms with Crippen LogP contribution in [0.1, 0.15) is 25.3 Å². The van der Waals surface area contributed by atoms with Crippen LogP contribution < -0.4 is 24.2 Å². The number of rotatable bonds is 8. The molecule has 0 unspecified atom stereocenters. The molecular formula is C23H22FLiN3O2-. The first kappa shape index (κ1) is 23.8. The molecule has 0 aliphatic heterocycles. The molecule has 150 valence electrons. The number of aliphatic hydroxyl groups excluding tert-OH is 1. The maximum absolute atomic E-state index is 13.0. The van der Waals surface area contributed by atoms with Crippen molar-refractivity contribution in [2.24, 2.45) is 5.92 Å². The number of anilines is 1. The van der Waals surface area contributed by atoms with Crippen molar-refractivity contribution in [3.8, 4) is 0 Å². The normalized spacial score (nSPS) is 18.8. The largest absolute Gasteiger partial charge is 1.00 e. The average Bonchev–Trinajstić information content (AvgIpc) is 3.43. The first-order valence-electron chi connectivity index (χ1n) is 9.23. The Bertz CT molecular complexity index is 1030. The number of aliphatic hydroxyl groups is 1. The Morgan fingerprint density at radius 3 is 2.73 bits per heavy atom. The molecule has 30 heavy (non-hydrogen) atoms. The summed E-state index contributed by atoms with van der Waals surface area (Å²) < 4.78 is 13.0. The average molecular weight is 398 g/mol. The van der Waals surface area contributed by atoms with E-state index in [1.165, 1.54) is 0 Å². The second-order valence-electron chi connectivity index (χ2n) is 7.11. The molecule has 0 radical (unpaired) electrons. The van der Waals surface area contributed by atoms with E-state index in [2.05, 4.69) is 21.9 Å². The molecule has 5 nitrogen and oxygen atoms in total. The molecule has 2 aromatic rings. The smallest absolute Gasteiger partial charge is 0.391 e. The third kappa shape index (κ3) is 5.54. The molecular weight excluding hydrogens is 376 g/mol. The van der Waals surface area contributed by atoms with E-state index in [0.29, 0.717) is 40.0 Å². The summed E-state index contributed by atoms with van der Waals surface area (Å²) in [6, 6.07) is 3.45. The fraction of sp³-hybridized carbons (Fsp3) is 0.261. The number of pyridine rings is 2. The summed E-state index contributed by atoms with van der Waals surface area (Å²) in [5.41, 5.74) is 2.75. The van der Waals surface area contributed by atoms with Gasteiger partial charge in [-0.05, 0) is 19.0 Å². The minimum absolute atomic E-state index is 0. The molecule has 1 amide bonds. The van der Waals surface area contributed by atoms with Crippen LogP contribution in [0.15, 0.2) is 54.4 Å². The molecule has 1 fully saturated rings. The minimum atomic E-state index is -1.06. The van der Waals surface area contributed by atoms with Crippen molar-refractivity contribution < 1.29 is 33.2 Å². The Balaban J connectivity index is 0.00000320. The number of alkyl halides is 1. The maximum atomic E-state index is 13.0. The van der Waals surface area contributed by atoms with E-state index in [0.717, 1.165) is 5.39 Å². The Kier molecular flexibility index (Phi) is 7.91. The number of allylic oxidation sites excluding steroid dienone is 2. The van der Waals surface area contributed by atoms with Gasteiger partial charge < -0.3 is 10.4 Å². The quantitative estimate of drug-likeness (QED) is 0.301. The maximum Gasteiger partial charge on any atom is 1.00 e. The number of nitrogens with zero attached hydrogens (tertiary/aromatic N) is 2. The number of fused-ring (bicyclic) bond motifs is 1. The van der Waals surface area contributed by atoms with Gasteiger partial charge in [0.1, 0.15) is 12.0 Å². The van der Waals surface area contributed by atoms with E-state index in [1.54, 1.807) is 37.5 Å². The van der Waals surface area contributed by atoms with E-state index in [1.807, 2.05) is 6.07 Å². The molecule has 2 heterocycles. The number of hydrogen-bond acceptors (Lipinski definition) is 4. The van der Waals surface area contributed by atoms with Crippen LogP contribution in [0.5, 0.6) is 0 Å². The standard InChI is InChI=1S/C23H22FN3O2.Li/c1-5-6-21(28)14(3)7-13(2)15(4)16-8-17-12-26-22(10-20(17)25-11-16)27-23(29)18-9-19(18)24;/h3-5,7-8,10-12,18-19,21,28H,1,6,9H2,2H3,(H,26,27,29);/q-2;+1/b13-7-;/t18-,19+,21-;/m0./s1. The monoisotopic (exact) mass is 398 g/mol. The summed E-state index contributed by atoms with van der Waals surface area (Å²) in [4.78, 5) is 20.4. The van der Waals surface area contributed by atoms with E-state index in [9.17, 15) is 14.3 Å². The molecule has 1 aliphatic carbocycles. The van der Waals surface area contributed by atoms with Gasteiger partial charge in [0, 0.05) is 23.8 Å². The summed E-state index contributed by atoms with van der Waals surface area (Å²) >= 11 is 0. The zero-order chi connectivity index (χ0) is 21.1. The van der Waals surface area contributed by atoms with Crippen molar-refractivity contribution in [1.82, 2.24) is 9.97 Å². The Hall–Kier alpha value is -2.52. The van der Waals surface area contributed by atoms with E-state index >= 15 is 0 Å². The number of carbonyl (C=O) groups is 1. The molecule has 3 atom stereocenters. The molecule has 0 aromatic carbocycles. The number of nitrogens with one attached hydrogen (secondary N) is 1. The first-order valence-corrected chi connectivity index (χ1v) is 9.23. The van der Waals surface area contributed by atoms with Crippen LogP contribution in [-0.2, 0) is 4.79 Å². The van der Waals surface area contributed by atoms with Crippen LogP contribution in [0, 0.1) is 19.1 Å². The van der Waals surface area contributed by atoms with Gasteiger partial charge in [-0.2, -0.15) is 0 Å². The fourth-order valence-electron chi connectivity index (χ4n) is 2.84. The number of amides is 1. The van der Waals surface area contributed by atoms with Gasteiger partial charge in [0.25, 0.3) is 0 Å². The van der Waals surface area contributed by atoms with E-state index < -0.39 is 18.2 Å². The van der Waals surface area contributed by atoms with Crippen molar-refractivity contribution >= 4 is 28.2 Å². The Morgan fingerprint density at radius 2 is 2.10 bits per heavy atom. The second-order valence-corrected chi connectivity index (χ2v) is 7.11. The van der Waals surface area contributed by atoms with Gasteiger partial charge in [0.05, 0.1) is 11.4 Å². The van der Waals surface area contributed by atoms with Crippen molar-refractivity contribution in [2.45, 2.75) is 32.0 Å². The van der Waals surface area contributed by atoms with Crippen molar-refractivity contribution in [1.29, 1.82) is 0 Å². The summed E-state index contributed by atoms with van der Waals surface area (Å²) in [7, 11) is 0. The van der Waals surface area contributed by atoms with Crippen LogP contribution in [0.2, 0.25) is 0 Å². The number of aromatic nitrogens is 2. The Labute approximate surface area is 187 Å². The first-order chi connectivity index (χ1) is 13.8. The predicted octanol–water partition coefficient (Wildman–Crippen LogP) is 0.989. The van der Waals surface area contributed by atoms with Crippen molar-refractivity contribution in [3.63, 3.8) is 0 Å². The SMILES string of the molecule is [CH-]=C(/C(C)=C\C(=[CH-])[C@@H](O)CC=C)c1cnc2cc(NC(=O)[C@H]3C[C@H]3F)ncc2c1.[Li+]. The molecule has 2 N–H and O–H groups in total. The third-order valence-electron chi connectivity index (χ3n) is 4.76. The van der Waals surface area contributed by atoms with Crippen LogP contribution in [0.3, 0.4) is 0 Å². The van der Waals surface area contributed by atoms with Crippen LogP contribution in [-0.4, -0.2) is 33.3 Å². The number of halogens is 1. The molecule has 3 rings (SSSR count). The number of hydrogen-bond donors (Lipinski definition) is 2. The predicted molar refractivity (Wildman–Crippen MR) is 111 cm³/mol. The van der Waals surface area contributed by atoms with Gasteiger partial charge in [-0.15, -0.1) is 19.1 Å². The summed E-state index contributed by atoms with van der Waals surface area (Å²) in [5, 5.41) is 13.2. The van der Waals surface area contributed by atoms with Crippen LogP contribution in [0.25, 0.3) is 16.5 Å². The molecule has 0 saturated heterocycles. The van der Waals surface area contributed by atoms with Gasteiger partial charge in [0.2, 0.25) is 5.91 Å².